The number of carboxylic acids is 1. The molecule has 3 heteroatoms. The SMILES string of the molecule is CCC(CC)(C(=O)O)C1CCOC1. The average Bonchev–Trinajstić information content (AvgIpc) is 2.60. The molecule has 1 unspecified atom stereocenters. The topological polar surface area (TPSA) is 46.5 Å². The van der Waals surface area contributed by atoms with E-state index in [0.717, 1.165) is 13.0 Å². The molecule has 0 aromatic carbocycles. The molecule has 1 heterocycles. The Hall–Kier alpha value is -0.570. The summed E-state index contributed by atoms with van der Waals surface area (Å²) >= 11 is 0. The van der Waals surface area contributed by atoms with Crippen molar-refractivity contribution in [2.24, 2.45) is 11.3 Å². The maximum Gasteiger partial charge on any atom is 0.309 e. The summed E-state index contributed by atoms with van der Waals surface area (Å²) in [6, 6.07) is 0. The molecule has 0 saturated carbocycles. The molecule has 0 bridgehead atoms. The minimum absolute atomic E-state index is 0.208. The third kappa shape index (κ3) is 1.70. The molecule has 0 amide bonds. The molecule has 0 aliphatic carbocycles. The highest BCUT2D eigenvalue weighted by atomic mass is 16.5. The Bertz CT molecular complexity index is 179. The summed E-state index contributed by atoms with van der Waals surface area (Å²) in [5.41, 5.74) is -0.545. The monoisotopic (exact) mass is 186 g/mol. The fraction of sp³-hybridized carbons (Fsp3) is 0.900. The van der Waals surface area contributed by atoms with Gasteiger partial charge < -0.3 is 9.84 Å². The largest absolute Gasteiger partial charge is 0.481 e. The molecule has 1 N–H and O–H groups in total. The minimum atomic E-state index is -0.659. The number of rotatable bonds is 4. The van der Waals surface area contributed by atoms with Crippen LogP contribution in [0.3, 0.4) is 0 Å². The first-order valence-corrected chi connectivity index (χ1v) is 4.98. The van der Waals surface area contributed by atoms with Crippen LogP contribution in [0, 0.1) is 11.3 Å². The highest BCUT2D eigenvalue weighted by Crippen LogP contribution is 2.40. The smallest absolute Gasteiger partial charge is 0.309 e. The van der Waals surface area contributed by atoms with E-state index in [1.165, 1.54) is 0 Å². The quantitative estimate of drug-likeness (QED) is 0.729. The summed E-state index contributed by atoms with van der Waals surface area (Å²) in [7, 11) is 0. The van der Waals surface area contributed by atoms with Gasteiger partial charge in [-0.2, -0.15) is 0 Å². The Kier molecular flexibility index (Phi) is 3.31. The van der Waals surface area contributed by atoms with E-state index >= 15 is 0 Å². The fourth-order valence-corrected chi connectivity index (χ4v) is 2.27. The number of aliphatic carboxylic acids is 1. The van der Waals surface area contributed by atoms with E-state index in [1.807, 2.05) is 13.8 Å². The summed E-state index contributed by atoms with van der Waals surface area (Å²) in [6.45, 7) is 5.25. The molecular formula is C10H18O3. The zero-order valence-corrected chi connectivity index (χ0v) is 8.38. The van der Waals surface area contributed by atoms with Crippen LogP contribution >= 0.6 is 0 Å². The van der Waals surface area contributed by atoms with E-state index in [9.17, 15) is 9.90 Å². The first kappa shape index (κ1) is 10.5. The van der Waals surface area contributed by atoms with Crippen LogP contribution in [-0.4, -0.2) is 24.3 Å². The van der Waals surface area contributed by atoms with Crippen LogP contribution in [0.1, 0.15) is 33.1 Å². The van der Waals surface area contributed by atoms with Gasteiger partial charge in [-0.15, -0.1) is 0 Å². The maximum absolute atomic E-state index is 11.2. The van der Waals surface area contributed by atoms with Crippen molar-refractivity contribution in [2.75, 3.05) is 13.2 Å². The maximum atomic E-state index is 11.2. The van der Waals surface area contributed by atoms with Gasteiger partial charge in [0.2, 0.25) is 0 Å². The molecule has 76 valence electrons. The van der Waals surface area contributed by atoms with Crippen molar-refractivity contribution in [2.45, 2.75) is 33.1 Å². The van der Waals surface area contributed by atoms with Crippen molar-refractivity contribution in [3.05, 3.63) is 0 Å². The van der Waals surface area contributed by atoms with Gasteiger partial charge in [0.1, 0.15) is 0 Å². The lowest BCUT2D eigenvalue weighted by Crippen LogP contribution is -2.38. The summed E-state index contributed by atoms with van der Waals surface area (Å²) in [4.78, 5) is 11.2. The lowest BCUT2D eigenvalue weighted by molar-refractivity contribution is -0.153. The van der Waals surface area contributed by atoms with E-state index < -0.39 is 11.4 Å². The lowest BCUT2D eigenvalue weighted by Gasteiger charge is -2.32. The summed E-state index contributed by atoms with van der Waals surface area (Å²) < 4.78 is 5.25. The fourth-order valence-electron chi connectivity index (χ4n) is 2.27. The van der Waals surface area contributed by atoms with Crippen molar-refractivity contribution in [3.63, 3.8) is 0 Å². The summed E-state index contributed by atoms with van der Waals surface area (Å²) in [5.74, 6) is -0.451. The third-order valence-electron chi connectivity index (χ3n) is 3.40. The van der Waals surface area contributed by atoms with Crippen molar-refractivity contribution in [1.82, 2.24) is 0 Å². The van der Waals surface area contributed by atoms with E-state index in [1.54, 1.807) is 0 Å². The van der Waals surface area contributed by atoms with E-state index in [-0.39, 0.29) is 5.92 Å². The van der Waals surface area contributed by atoms with Gasteiger partial charge in [-0.25, -0.2) is 0 Å². The van der Waals surface area contributed by atoms with Crippen LogP contribution in [0.25, 0.3) is 0 Å². The molecule has 1 aliphatic rings. The normalized spacial score (nSPS) is 23.4. The third-order valence-corrected chi connectivity index (χ3v) is 3.40. The van der Waals surface area contributed by atoms with Crippen molar-refractivity contribution in [3.8, 4) is 0 Å². The summed E-state index contributed by atoms with van der Waals surface area (Å²) in [6.07, 6.45) is 2.30. The van der Waals surface area contributed by atoms with Gasteiger partial charge in [-0.1, -0.05) is 13.8 Å². The molecule has 0 radical (unpaired) electrons. The molecule has 1 fully saturated rings. The van der Waals surface area contributed by atoms with E-state index in [4.69, 9.17) is 4.74 Å². The van der Waals surface area contributed by atoms with Crippen LogP contribution in [0.15, 0.2) is 0 Å². The zero-order chi connectivity index (χ0) is 9.90. The second kappa shape index (κ2) is 4.09. The van der Waals surface area contributed by atoms with Crippen LogP contribution in [0.4, 0.5) is 0 Å². The summed E-state index contributed by atoms with van der Waals surface area (Å²) in [5, 5.41) is 9.23. The van der Waals surface area contributed by atoms with Gasteiger partial charge in [0.15, 0.2) is 0 Å². The highest BCUT2D eigenvalue weighted by molar-refractivity contribution is 5.75. The van der Waals surface area contributed by atoms with Crippen molar-refractivity contribution < 1.29 is 14.6 Å². The second-order valence-electron chi connectivity index (χ2n) is 3.73. The second-order valence-corrected chi connectivity index (χ2v) is 3.73. The first-order valence-electron chi connectivity index (χ1n) is 4.98. The molecule has 1 atom stereocenters. The molecule has 1 aliphatic heterocycles. The predicted octanol–water partition coefficient (Wildman–Crippen LogP) is 1.91. The number of hydrogen-bond acceptors (Lipinski definition) is 2. The molecule has 0 aromatic heterocycles. The predicted molar refractivity (Wildman–Crippen MR) is 49.6 cm³/mol. The Labute approximate surface area is 79.1 Å². The van der Waals surface area contributed by atoms with Gasteiger partial charge in [0, 0.05) is 12.5 Å². The van der Waals surface area contributed by atoms with Gasteiger partial charge in [0.25, 0.3) is 0 Å². The average molecular weight is 186 g/mol. The van der Waals surface area contributed by atoms with Crippen molar-refractivity contribution >= 4 is 5.97 Å². The minimum Gasteiger partial charge on any atom is -0.481 e. The Balaban J connectivity index is 2.80. The lowest BCUT2D eigenvalue weighted by atomic mass is 9.71. The Morgan fingerprint density at radius 2 is 2.15 bits per heavy atom. The van der Waals surface area contributed by atoms with Crippen molar-refractivity contribution in [1.29, 1.82) is 0 Å². The zero-order valence-electron chi connectivity index (χ0n) is 8.38. The molecule has 3 nitrogen and oxygen atoms in total. The van der Waals surface area contributed by atoms with Gasteiger partial charge >= 0.3 is 5.97 Å². The van der Waals surface area contributed by atoms with Crippen LogP contribution in [-0.2, 0) is 9.53 Å². The van der Waals surface area contributed by atoms with Crippen LogP contribution in [0.5, 0.6) is 0 Å². The van der Waals surface area contributed by atoms with Crippen LogP contribution in [0.2, 0.25) is 0 Å². The number of hydrogen-bond donors (Lipinski definition) is 1. The van der Waals surface area contributed by atoms with Crippen LogP contribution < -0.4 is 0 Å². The number of carbonyl (C=O) groups is 1. The molecule has 13 heavy (non-hydrogen) atoms. The standard InChI is InChI=1S/C10H18O3/c1-3-10(4-2,9(11)12)8-5-6-13-7-8/h8H,3-7H2,1-2H3,(H,11,12). The van der Waals surface area contributed by atoms with Gasteiger partial charge in [-0.3, -0.25) is 4.79 Å². The molecule has 1 saturated heterocycles. The molecular weight excluding hydrogens is 168 g/mol. The Morgan fingerprint density at radius 1 is 1.54 bits per heavy atom. The van der Waals surface area contributed by atoms with E-state index in [2.05, 4.69) is 0 Å². The molecule has 0 aromatic rings. The molecule has 1 rings (SSSR count). The first-order chi connectivity index (χ1) is 6.17. The highest BCUT2D eigenvalue weighted by Gasteiger charge is 2.44. The van der Waals surface area contributed by atoms with Gasteiger partial charge in [0.05, 0.1) is 12.0 Å². The molecule has 0 spiro atoms. The number of carboxylic acid groups (broad SMARTS) is 1. The Morgan fingerprint density at radius 3 is 2.46 bits per heavy atom. The van der Waals surface area contributed by atoms with E-state index in [0.29, 0.717) is 19.4 Å². The number of ether oxygens (including phenoxy) is 1. The van der Waals surface area contributed by atoms with Gasteiger partial charge in [-0.05, 0) is 19.3 Å².